The molecule has 1 amide bonds. The van der Waals surface area contributed by atoms with Gasteiger partial charge in [0.1, 0.15) is 0 Å². The van der Waals surface area contributed by atoms with Crippen molar-refractivity contribution in [1.82, 2.24) is 4.90 Å². The average molecular weight is 435 g/mol. The Morgan fingerprint density at radius 3 is 2.56 bits per heavy atom. The first-order chi connectivity index (χ1) is 13.0. The fraction of sp³-hybridized carbons (Fsp3) is 0.381. The summed E-state index contributed by atoms with van der Waals surface area (Å²) >= 11 is 3.44. The van der Waals surface area contributed by atoms with Gasteiger partial charge in [-0.1, -0.05) is 28.9 Å². The summed E-state index contributed by atoms with van der Waals surface area (Å²) in [7, 11) is 1.63. The molecule has 0 aromatic heterocycles. The molecule has 0 bridgehead atoms. The van der Waals surface area contributed by atoms with Crippen LogP contribution in [0.2, 0.25) is 0 Å². The van der Waals surface area contributed by atoms with E-state index in [1.165, 1.54) is 0 Å². The number of hydrogen-bond acceptors (Lipinski definition) is 4. The third-order valence-electron chi connectivity index (χ3n) is 4.21. The van der Waals surface area contributed by atoms with Crippen molar-refractivity contribution >= 4 is 27.5 Å². The fourth-order valence-electron chi connectivity index (χ4n) is 2.78. The predicted molar refractivity (Wildman–Crippen MR) is 113 cm³/mol. The van der Waals surface area contributed by atoms with Gasteiger partial charge in [-0.3, -0.25) is 9.69 Å². The Morgan fingerprint density at radius 2 is 1.93 bits per heavy atom. The smallest absolute Gasteiger partial charge is 0.238 e. The second-order valence-electron chi connectivity index (χ2n) is 6.23. The minimum absolute atomic E-state index is 0.0276. The maximum absolute atomic E-state index is 12.5. The molecule has 2 aromatic carbocycles. The molecule has 0 unspecified atom stereocenters. The molecule has 0 heterocycles. The van der Waals surface area contributed by atoms with E-state index < -0.39 is 0 Å². The molecule has 0 radical (unpaired) electrons. The van der Waals surface area contributed by atoms with Crippen LogP contribution in [0.1, 0.15) is 25.0 Å². The molecule has 0 aliphatic rings. The van der Waals surface area contributed by atoms with E-state index in [1.54, 1.807) is 7.11 Å². The number of carbonyl (C=O) groups is 1. The van der Waals surface area contributed by atoms with E-state index in [0.29, 0.717) is 25.4 Å². The lowest BCUT2D eigenvalue weighted by Crippen LogP contribution is -2.32. The summed E-state index contributed by atoms with van der Waals surface area (Å²) in [5, 5.41) is 2.99. The second-order valence-corrected chi connectivity index (χ2v) is 7.14. The number of nitrogens with one attached hydrogen (secondary N) is 1. The molecule has 0 saturated carbocycles. The maximum atomic E-state index is 12.5. The fourth-order valence-corrected chi connectivity index (χ4v) is 3.26. The molecule has 0 fully saturated rings. The topological polar surface area (TPSA) is 50.8 Å². The van der Waals surface area contributed by atoms with Crippen LogP contribution in [-0.4, -0.2) is 37.6 Å². The quantitative estimate of drug-likeness (QED) is 0.624. The number of methoxy groups -OCH3 is 1. The molecule has 0 aliphatic carbocycles. The molecule has 2 rings (SSSR count). The summed E-state index contributed by atoms with van der Waals surface area (Å²) in [6.07, 6.45) is 0. The van der Waals surface area contributed by atoms with Gasteiger partial charge in [-0.2, -0.15) is 0 Å². The second kappa shape index (κ2) is 10.3. The number of nitrogens with zero attached hydrogens (tertiary/aromatic N) is 1. The minimum Gasteiger partial charge on any atom is -0.493 e. The van der Waals surface area contributed by atoms with E-state index in [1.807, 2.05) is 57.2 Å². The van der Waals surface area contributed by atoms with Gasteiger partial charge in [-0.25, -0.2) is 0 Å². The highest BCUT2D eigenvalue weighted by Crippen LogP contribution is 2.28. The Kier molecular flexibility index (Phi) is 8.13. The van der Waals surface area contributed by atoms with E-state index >= 15 is 0 Å². The molecular formula is C21H27BrN2O3. The highest BCUT2D eigenvalue weighted by molar-refractivity contribution is 9.10. The van der Waals surface area contributed by atoms with Crippen molar-refractivity contribution in [2.75, 3.05) is 32.1 Å². The van der Waals surface area contributed by atoms with Crippen molar-refractivity contribution in [3.05, 3.63) is 52.0 Å². The number of hydrogen-bond donors (Lipinski definition) is 1. The number of halogens is 1. The van der Waals surface area contributed by atoms with E-state index in [9.17, 15) is 4.79 Å². The molecular weight excluding hydrogens is 408 g/mol. The van der Waals surface area contributed by atoms with Crippen molar-refractivity contribution < 1.29 is 14.3 Å². The predicted octanol–water partition coefficient (Wildman–Crippen LogP) is 4.63. The van der Waals surface area contributed by atoms with Crippen LogP contribution in [0.15, 0.2) is 40.9 Å². The number of amides is 1. The first-order valence-corrected chi connectivity index (χ1v) is 9.84. The van der Waals surface area contributed by atoms with Crippen molar-refractivity contribution in [1.29, 1.82) is 0 Å². The number of benzene rings is 2. The van der Waals surface area contributed by atoms with Gasteiger partial charge in [-0.05, 0) is 61.9 Å². The third-order valence-corrected chi connectivity index (χ3v) is 4.70. The molecule has 0 aliphatic heterocycles. The van der Waals surface area contributed by atoms with Crippen LogP contribution in [0, 0.1) is 6.92 Å². The van der Waals surface area contributed by atoms with E-state index in [0.717, 1.165) is 33.6 Å². The highest BCUT2D eigenvalue weighted by atomic mass is 79.9. The lowest BCUT2D eigenvalue weighted by atomic mass is 10.2. The number of rotatable bonds is 9. The lowest BCUT2D eigenvalue weighted by molar-refractivity contribution is -0.117. The standard InChI is InChI=1S/C21H27BrN2O3/c1-5-24(13-16-7-10-19(27-6-2)20(12-16)26-4)14-21(25)23-18-9-8-17(22)11-15(18)3/h7-12H,5-6,13-14H2,1-4H3,(H,23,25). The summed E-state index contributed by atoms with van der Waals surface area (Å²) in [6.45, 7) is 8.30. The number of carbonyl (C=O) groups excluding carboxylic acids is 1. The van der Waals surface area contributed by atoms with Crippen LogP contribution >= 0.6 is 15.9 Å². The number of anilines is 1. The van der Waals surface area contributed by atoms with Crippen LogP contribution in [0.4, 0.5) is 5.69 Å². The van der Waals surface area contributed by atoms with Crippen LogP contribution < -0.4 is 14.8 Å². The first kappa shape index (κ1) is 21.3. The number of ether oxygens (including phenoxy) is 2. The zero-order valence-electron chi connectivity index (χ0n) is 16.3. The molecule has 27 heavy (non-hydrogen) atoms. The number of aryl methyl sites for hydroxylation is 1. The first-order valence-electron chi connectivity index (χ1n) is 9.04. The summed E-state index contributed by atoms with van der Waals surface area (Å²) in [4.78, 5) is 14.5. The summed E-state index contributed by atoms with van der Waals surface area (Å²) in [6, 6.07) is 11.7. The molecule has 5 nitrogen and oxygen atoms in total. The van der Waals surface area contributed by atoms with Gasteiger partial charge < -0.3 is 14.8 Å². The van der Waals surface area contributed by atoms with Crippen molar-refractivity contribution in [3.63, 3.8) is 0 Å². The minimum atomic E-state index is -0.0276. The Hall–Kier alpha value is -2.05. The normalized spacial score (nSPS) is 10.7. The van der Waals surface area contributed by atoms with Gasteiger partial charge in [-0.15, -0.1) is 0 Å². The van der Waals surface area contributed by atoms with Crippen molar-refractivity contribution in [2.24, 2.45) is 0 Å². The third kappa shape index (κ3) is 6.26. The highest BCUT2D eigenvalue weighted by Gasteiger charge is 2.13. The van der Waals surface area contributed by atoms with Gasteiger partial charge in [0.05, 0.1) is 20.3 Å². The van der Waals surface area contributed by atoms with Crippen molar-refractivity contribution in [2.45, 2.75) is 27.3 Å². The SMILES string of the molecule is CCOc1ccc(CN(CC)CC(=O)Nc2ccc(Br)cc2C)cc1OC. The molecule has 6 heteroatoms. The Labute approximate surface area is 169 Å². The molecule has 2 aromatic rings. The zero-order valence-corrected chi connectivity index (χ0v) is 17.9. The Balaban J connectivity index is 2.01. The summed E-state index contributed by atoms with van der Waals surface area (Å²) in [5.41, 5.74) is 2.93. The van der Waals surface area contributed by atoms with Crippen LogP contribution in [-0.2, 0) is 11.3 Å². The molecule has 0 spiro atoms. The molecule has 0 atom stereocenters. The number of likely N-dealkylation sites (N-methyl/N-ethyl adjacent to an activating group) is 1. The van der Waals surface area contributed by atoms with Crippen LogP contribution in [0.25, 0.3) is 0 Å². The van der Waals surface area contributed by atoms with Crippen LogP contribution in [0.3, 0.4) is 0 Å². The van der Waals surface area contributed by atoms with Gasteiger partial charge >= 0.3 is 0 Å². The van der Waals surface area contributed by atoms with Gasteiger partial charge in [0, 0.05) is 16.7 Å². The maximum Gasteiger partial charge on any atom is 0.238 e. The van der Waals surface area contributed by atoms with Gasteiger partial charge in [0.2, 0.25) is 5.91 Å². The van der Waals surface area contributed by atoms with Gasteiger partial charge in [0.25, 0.3) is 0 Å². The van der Waals surface area contributed by atoms with Gasteiger partial charge in [0.15, 0.2) is 11.5 Å². The molecule has 146 valence electrons. The summed E-state index contributed by atoms with van der Waals surface area (Å²) < 4.78 is 12.0. The Morgan fingerprint density at radius 1 is 1.15 bits per heavy atom. The van der Waals surface area contributed by atoms with Crippen LogP contribution in [0.5, 0.6) is 11.5 Å². The summed E-state index contributed by atoms with van der Waals surface area (Å²) in [5.74, 6) is 1.41. The molecule has 0 saturated heterocycles. The lowest BCUT2D eigenvalue weighted by Gasteiger charge is -2.21. The molecule has 1 N–H and O–H groups in total. The van der Waals surface area contributed by atoms with E-state index in [-0.39, 0.29) is 5.91 Å². The monoisotopic (exact) mass is 434 g/mol. The van der Waals surface area contributed by atoms with Crippen molar-refractivity contribution in [3.8, 4) is 11.5 Å². The average Bonchev–Trinajstić information content (AvgIpc) is 2.64. The Bertz CT molecular complexity index is 780. The van der Waals surface area contributed by atoms with E-state index in [4.69, 9.17) is 9.47 Å². The zero-order chi connectivity index (χ0) is 19.8. The largest absolute Gasteiger partial charge is 0.493 e. The van der Waals surface area contributed by atoms with E-state index in [2.05, 4.69) is 26.1 Å².